The quantitative estimate of drug-likeness (QED) is 0.733. The van der Waals surface area contributed by atoms with Gasteiger partial charge in [0, 0.05) is 13.1 Å². The van der Waals surface area contributed by atoms with E-state index in [1.807, 2.05) is 0 Å². The maximum Gasteiger partial charge on any atom is 0.120 e. The van der Waals surface area contributed by atoms with Crippen LogP contribution in [0.1, 0.15) is 18.2 Å². The monoisotopic (exact) mass is 195 g/mol. The molecule has 0 bridgehead atoms. The van der Waals surface area contributed by atoms with E-state index in [1.54, 1.807) is 6.26 Å². The molecule has 0 unspecified atom stereocenters. The first-order chi connectivity index (χ1) is 6.90. The van der Waals surface area contributed by atoms with Gasteiger partial charge in [0.2, 0.25) is 0 Å². The average Bonchev–Trinajstić information content (AvgIpc) is 2.67. The van der Waals surface area contributed by atoms with Crippen molar-refractivity contribution in [3.8, 4) is 0 Å². The fraction of sp³-hybridized carbons (Fsp3) is 0.636. The van der Waals surface area contributed by atoms with Crippen molar-refractivity contribution in [3.05, 3.63) is 23.7 Å². The summed E-state index contributed by atoms with van der Waals surface area (Å²) in [5.41, 5.74) is 1.33. The zero-order valence-electron chi connectivity index (χ0n) is 8.66. The third-order valence-electron chi connectivity index (χ3n) is 2.69. The number of hydrogen-bond donors (Lipinski definition) is 0. The minimum absolute atomic E-state index is 0.849. The Balaban J connectivity index is 1.95. The van der Waals surface area contributed by atoms with E-state index in [9.17, 15) is 0 Å². The lowest BCUT2D eigenvalue weighted by atomic mass is 10.2. The van der Waals surface area contributed by atoms with Crippen LogP contribution in [0, 0.1) is 0 Å². The van der Waals surface area contributed by atoms with Crippen LogP contribution >= 0.6 is 0 Å². The molecule has 3 heteroatoms. The van der Waals surface area contributed by atoms with Crippen LogP contribution in [0.5, 0.6) is 0 Å². The van der Waals surface area contributed by atoms with Gasteiger partial charge in [-0.05, 0) is 18.1 Å². The molecule has 0 atom stereocenters. The highest BCUT2D eigenvalue weighted by atomic mass is 16.5. The van der Waals surface area contributed by atoms with Gasteiger partial charge in [-0.25, -0.2) is 0 Å². The smallest absolute Gasteiger partial charge is 0.120 e. The molecule has 0 aliphatic carbocycles. The maximum atomic E-state index is 5.48. The van der Waals surface area contributed by atoms with Crippen LogP contribution in [0.3, 0.4) is 0 Å². The highest BCUT2D eigenvalue weighted by Gasteiger charge is 2.13. The highest BCUT2D eigenvalue weighted by molar-refractivity contribution is 5.16. The lowest BCUT2D eigenvalue weighted by Gasteiger charge is -2.25. The fourth-order valence-corrected chi connectivity index (χ4v) is 1.78. The van der Waals surface area contributed by atoms with Crippen LogP contribution < -0.4 is 0 Å². The Hall–Kier alpha value is -0.800. The Labute approximate surface area is 84.6 Å². The molecular weight excluding hydrogens is 178 g/mol. The molecule has 0 amide bonds. The van der Waals surface area contributed by atoms with E-state index < -0.39 is 0 Å². The van der Waals surface area contributed by atoms with E-state index in [0.717, 1.165) is 45.0 Å². The molecule has 1 aliphatic heterocycles. The van der Waals surface area contributed by atoms with Gasteiger partial charge in [0.1, 0.15) is 5.76 Å². The normalized spacial score (nSPS) is 18.6. The Bertz CT molecular complexity index is 277. The van der Waals surface area contributed by atoms with Crippen molar-refractivity contribution in [2.75, 3.05) is 26.3 Å². The van der Waals surface area contributed by atoms with E-state index in [0.29, 0.717) is 0 Å². The summed E-state index contributed by atoms with van der Waals surface area (Å²) in [7, 11) is 0. The first kappa shape index (κ1) is 9.74. The molecule has 1 aromatic rings. The minimum Gasteiger partial charge on any atom is -0.468 e. The summed E-state index contributed by atoms with van der Waals surface area (Å²) in [5, 5.41) is 0. The molecule has 2 rings (SSSR count). The van der Waals surface area contributed by atoms with Crippen molar-refractivity contribution < 1.29 is 9.15 Å². The predicted octanol–water partition coefficient (Wildman–Crippen LogP) is 1.67. The fourth-order valence-electron chi connectivity index (χ4n) is 1.78. The predicted molar refractivity (Wildman–Crippen MR) is 54.2 cm³/mol. The zero-order chi connectivity index (χ0) is 9.80. The molecule has 1 aliphatic rings. The van der Waals surface area contributed by atoms with Crippen LogP contribution in [-0.2, 0) is 17.7 Å². The molecule has 1 fully saturated rings. The van der Waals surface area contributed by atoms with Gasteiger partial charge >= 0.3 is 0 Å². The van der Waals surface area contributed by atoms with E-state index in [4.69, 9.17) is 9.15 Å². The van der Waals surface area contributed by atoms with Crippen molar-refractivity contribution in [1.29, 1.82) is 0 Å². The van der Waals surface area contributed by atoms with Gasteiger partial charge in [0.05, 0.1) is 26.0 Å². The average molecular weight is 195 g/mol. The Kier molecular flexibility index (Phi) is 3.22. The number of hydrogen-bond acceptors (Lipinski definition) is 3. The molecule has 1 saturated heterocycles. The van der Waals surface area contributed by atoms with Crippen molar-refractivity contribution in [3.63, 3.8) is 0 Å². The minimum atomic E-state index is 0.849. The van der Waals surface area contributed by atoms with Crippen molar-refractivity contribution in [2.24, 2.45) is 0 Å². The van der Waals surface area contributed by atoms with Gasteiger partial charge in [0.15, 0.2) is 0 Å². The molecule has 0 saturated carbocycles. The highest BCUT2D eigenvalue weighted by Crippen LogP contribution is 2.14. The molecule has 3 nitrogen and oxygen atoms in total. The number of furan rings is 1. The van der Waals surface area contributed by atoms with Crippen LogP contribution in [0.15, 0.2) is 16.7 Å². The van der Waals surface area contributed by atoms with Gasteiger partial charge in [-0.15, -0.1) is 0 Å². The zero-order valence-corrected chi connectivity index (χ0v) is 8.66. The SMILES string of the molecule is CCc1ccoc1CN1CCOCC1. The van der Waals surface area contributed by atoms with Crippen molar-refractivity contribution in [2.45, 2.75) is 19.9 Å². The summed E-state index contributed by atoms with van der Waals surface area (Å²) in [6, 6.07) is 2.07. The summed E-state index contributed by atoms with van der Waals surface area (Å²) in [6.45, 7) is 6.82. The van der Waals surface area contributed by atoms with E-state index in [-0.39, 0.29) is 0 Å². The van der Waals surface area contributed by atoms with E-state index >= 15 is 0 Å². The van der Waals surface area contributed by atoms with Gasteiger partial charge < -0.3 is 9.15 Å². The number of aryl methyl sites for hydroxylation is 1. The van der Waals surface area contributed by atoms with E-state index in [1.165, 1.54) is 5.56 Å². The maximum absolute atomic E-state index is 5.48. The second-order valence-corrected chi connectivity index (χ2v) is 3.61. The molecule has 14 heavy (non-hydrogen) atoms. The van der Waals surface area contributed by atoms with Crippen molar-refractivity contribution >= 4 is 0 Å². The van der Waals surface area contributed by atoms with Gasteiger partial charge in [0.25, 0.3) is 0 Å². The standard InChI is InChI=1S/C11H17NO2/c1-2-10-3-6-14-11(10)9-12-4-7-13-8-5-12/h3,6H,2,4-5,7-9H2,1H3. The summed E-state index contributed by atoms with van der Waals surface area (Å²) < 4.78 is 10.8. The van der Waals surface area contributed by atoms with Gasteiger partial charge in [-0.2, -0.15) is 0 Å². The first-order valence-corrected chi connectivity index (χ1v) is 5.25. The van der Waals surface area contributed by atoms with Crippen molar-refractivity contribution in [1.82, 2.24) is 4.90 Å². The van der Waals surface area contributed by atoms with Gasteiger partial charge in [-0.3, -0.25) is 4.90 Å². The van der Waals surface area contributed by atoms with Crippen LogP contribution in [0.25, 0.3) is 0 Å². The lowest BCUT2D eigenvalue weighted by molar-refractivity contribution is 0.0312. The Morgan fingerprint density at radius 3 is 2.86 bits per heavy atom. The number of morpholine rings is 1. The first-order valence-electron chi connectivity index (χ1n) is 5.25. The summed E-state index contributed by atoms with van der Waals surface area (Å²) in [5.74, 6) is 1.12. The summed E-state index contributed by atoms with van der Waals surface area (Å²) in [4.78, 5) is 2.38. The molecule has 0 aromatic carbocycles. The molecular formula is C11H17NO2. The molecule has 1 aromatic heterocycles. The third-order valence-corrected chi connectivity index (χ3v) is 2.69. The topological polar surface area (TPSA) is 25.6 Å². The van der Waals surface area contributed by atoms with E-state index in [2.05, 4.69) is 17.9 Å². The second kappa shape index (κ2) is 4.62. The molecule has 78 valence electrons. The number of nitrogens with zero attached hydrogens (tertiary/aromatic N) is 1. The van der Waals surface area contributed by atoms with Crippen LogP contribution in [0.2, 0.25) is 0 Å². The summed E-state index contributed by atoms with van der Waals surface area (Å²) in [6.07, 6.45) is 2.84. The number of rotatable bonds is 3. The summed E-state index contributed by atoms with van der Waals surface area (Å²) >= 11 is 0. The molecule has 2 heterocycles. The molecule has 0 N–H and O–H groups in total. The Morgan fingerprint density at radius 2 is 2.14 bits per heavy atom. The lowest BCUT2D eigenvalue weighted by Crippen LogP contribution is -2.35. The van der Waals surface area contributed by atoms with Crippen LogP contribution in [-0.4, -0.2) is 31.2 Å². The van der Waals surface area contributed by atoms with Gasteiger partial charge in [-0.1, -0.05) is 6.92 Å². The second-order valence-electron chi connectivity index (χ2n) is 3.61. The molecule has 0 spiro atoms. The van der Waals surface area contributed by atoms with Crippen LogP contribution in [0.4, 0.5) is 0 Å². The Morgan fingerprint density at radius 1 is 1.36 bits per heavy atom. The molecule has 0 radical (unpaired) electrons. The largest absolute Gasteiger partial charge is 0.468 e. The third kappa shape index (κ3) is 2.16. The number of ether oxygens (including phenoxy) is 1.